The van der Waals surface area contributed by atoms with E-state index in [4.69, 9.17) is 9.47 Å². The van der Waals surface area contributed by atoms with Crippen LogP contribution >= 0.6 is 0 Å². The average molecular weight is 286 g/mol. The summed E-state index contributed by atoms with van der Waals surface area (Å²) in [5, 5.41) is 3.29. The normalized spacial score (nSPS) is 14.7. The standard InChI is InChI=1S/C16H18N2O3/c1-17-14(11-18-6-4-13(19)5-7-18)12-2-3-15-16(10-12)21-9-8-20-15/h2-7,10,14,17H,8-9,11H2,1H3. The summed E-state index contributed by atoms with van der Waals surface area (Å²) in [5.41, 5.74) is 1.15. The van der Waals surface area contributed by atoms with E-state index >= 15 is 0 Å². The Kier molecular flexibility index (Phi) is 3.92. The van der Waals surface area contributed by atoms with Crippen molar-refractivity contribution in [2.45, 2.75) is 12.6 Å². The number of benzene rings is 1. The van der Waals surface area contributed by atoms with Gasteiger partial charge in [0.1, 0.15) is 13.2 Å². The van der Waals surface area contributed by atoms with Gasteiger partial charge in [-0.05, 0) is 24.7 Å². The SMILES string of the molecule is CNC(Cn1ccc(=O)cc1)c1ccc2c(c1)OCCO2. The molecule has 1 atom stereocenters. The van der Waals surface area contributed by atoms with E-state index in [0.29, 0.717) is 13.2 Å². The van der Waals surface area contributed by atoms with E-state index in [1.165, 1.54) is 0 Å². The lowest BCUT2D eigenvalue weighted by Crippen LogP contribution is -2.23. The highest BCUT2D eigenvalue weighted by atomic mass is 16.6. The Morgan fingerprint density at radius 3 is 2.57 bits per heavy atom. The first-order valence-corrected chi connectivity index (χ1v) is 6.99. The molecule has 0 amide bonds. The van der Waals surface area contributed by atoms with Crippen LogP contribution in [0.1, 0.15) is 11.6 Å². The first-order valence-electron chi connectivity index (χ1n) is 6.99. The molecule has 1 aliphatic heterocycles. The third kappa shape index (κ3) is 3.08. The van der Waals surface area contributed by atoms with E-state index in [2.05, 4.69) is 5.32 Å². The lowest BCUT2D eigenvalue weighted by atomic mass is 10.1. The second-order valence-corrected chi connectivity index (χ2v) is 4.97. The molecule has 1 N–H and O–H groups in total. The van der Waals surface area contributed by atoms with Gasteiger partial charge in [-0.1, -0.05) is 6.07 Å². The van der Waals surface area contributed by atoms with E-state index < -0.39 is 0 Å². The highest BCUT2D eigenvalue weighted by Crippen LogP contribution is 2.32. The number of nitrogens with one attached hydrogen (secondary N) is 1. The molecule has 0 spiro atoms. The molecule has 0 bridgehead atoms. The summed E-state index contributed by atoms with van der Waals surface area (Å²) in [6, 6.07) is 9.26. The number of hydrogen-bond donors (Lipinski definition) is 1. The van der Waals surface area contributed by atoms with Crippen LogP contribution in [0, 0.1) is 0 Å². The van der Waals surface area contributed by atoms with Crippen molar-refractivity contribution < 1.29 is 9.47 Å². The quantitative estimate of drug-likeness (QED) is 0.927. The molecule has 0 fully saturated rings. The maximum absolute atomic E-state index is 11.1. The summed E-state index contributed by atoms with van der Waals surface area (Å²) < 4.78 is 13.1. The number of ether oxygens (including phenoxy) is 2. The third-order valence-electron chi connectivity index (χ3n) is 3.57. The number of pyridine rings is 1. The number of hydrogen-bond acceptors (Lipinski definition) is 4. The maximum Gasteiger partial charge on any atom is 0.181 e. The van der Waals surface area contributed by atoms with Gasteiger partial charge in [-0.25, -0.2) is 0 Å². The van der Waals surface area contributed by atoms with E-state index in [-0.39, 0.29) is 11.5 Å². The van der Waals surface area contributed by atoms with Crippen LogP contribution in [-0.4, -0.2) is 24.8 Å². The van der Waals surface area contributed by atoms with Crippen LogP contribution in [-0.2, 0) is 6.54 Å². The Hall–Kier alpha value is -2.27. The van der Waals surface area contributed by atoms with Gasteiger partial charge >= 0.3 is 0 Å². The van der Waals surface area contributed by atoms with Crippen LogP contribution in [0.5, 0.6) is 11.5 Å². The monoisotopic (exact) mass is 286 g/mol. The average Bonchev–Trinajstić information content (AvgIpc) is 2.54. The Labute approximate surface area is 123 Å². The maximum atomic E-state index is 11.1. The molecule has 0 radical (unpaired) electrons. The van der Waals surface area contributed by atoms with E-state index in [9.17, 15) is 4.79 Å². The summed E-state index contributed by atoms with van der Waals surface area (Å²) in [6.07, 6.45) is 3.59. The molecule has 2 heterocycles. The van der Waals surface area contributed by atoms with Gasteiger partial charge in [0, 0.05) is 31.1 Å². The number of likely N-dealkylation sites (N-methyl/N-ethyl adjacent to an activating group) is 1. The number of aromatic nitrogens is 1. The fourth-order valence-corrected chi connectivity index (χ4v) is 2.42. The largest absolute Gasteiger partial charge is 0.486 e. The highest BCUT2D eigenvalue weighted by Gasteiger charge is 2.16. The zero-order chi connectivity index (χ0) is 14.7. The van der Waals surface area contributed by atoms with Crippen molar-refractivity contribution in [1.29, 1.82) is 0 Å². The second-order valence-electron chi connectivity index (χ2n) is 4.97. The molecule has 5 heteroatoms. The van der Waals surface area contributed by atoms with Gasteiger partial charge in [-0.2, -0.15) is 0 Å². The van der Waals surface area contributed by atoms with Gasteiger partial charge in [0.25, 0.3) is 0 Å². The lowest BCUT2D eigenvalue weighted by molar-refractivity contribution is 0.171. The van der Waals surface area contributed by atoms with Crippen LogP contribution in [0.3, 0.4) is 0 Å². The van der Waals surface area contributed by atoms with Crippen molar-refractivity contribution in [1.82, 2.24) is 9.88 Å². The molecule has 2 aromatic rings. The summed E-state index contributed by atoms with van der Waals surface area (Å²) in [4.78, 5) is 11.1. The summed E-state index contributed by atoms with van der Waals surface area (Å²) in [6.45, 7) is 1.91. The molecule has 1 aliphatic rings. The topological polar surface area (TPSA) is 52.5 Å². The number of nitrogens with zero attached hydrogens (tertiary/aromatic N) is 1. The van der Waals surface area contributed by atoms with Crippen LogP contribution in [0.25, 0.3) is 0 Å². The molecule has 3 rings (SSSR count). The van der Waals surface area contributed by atoms with E-state index in [1.54, 1.807) is 24.5 Å². The molecular weight excluding hydrogens is 268 g/mol. The fourth-order valence-electron chi connectivity index (χ4n) is 2.42. The Balaban J connectivity index is 1.82. The molecule has 110 valence electrons. The van der Waals surface area contributed by atoms with Crippen molar-refractivity contribution in [2.75, 3.05) is 20.3 Å². The van der Waals surface area contributed by atoms with Crippen molar-refractivity contribution in [2.24, 2.45) is 0 Å². The molecule has 0 saturated heterocycles. The molecule has 21 heavy (non-hydrogen) atoms. The van der Waals surface area contributed by atoms with Crippen LogP contribution in [0.15, 0.2) is 47.5 Å². The van der Waals surface area contributed by atoms with Gasteiger partial charge in [0.05, 0.1) is 6.04 Å². The zero-order valence-electron chi connectivity index (χ0n) is 11.9. The molecule has 1 aromatic carbocycles. The van der Waals surface area contributed by atoms with Crippen molar-refractivity contribution in [3.63, 3.8) is 0 Å². The highest BCUT2D eigenvalue weighted by molar-refractivity contribution is 5.44. The van der Waals surface area contributed by atoms with E-state index in [0.717, 1.165) is 23.6 Å². The first-order chi connectivity index (χ1) is 10.3. The van der Waals surface area contributed by atoms with Crippen LogP contribution in [0.4, 0.5) is 0 Å². The number of rotatable bonds is 4. The zero-order valence-corrected chi connectivity index (χ0v) is 11.9. The smallest absolute Gasteiger partial charge is 0.181 e. The molecule has 1 aromatic heterocycles. The van der Waals surface area contributed by atoms with Gasteiger partial charge in [-0.3, -0.25) is 4.79 Å². The number of fused-ring (bicyclic) bond motifs is 1. The summed E-state index contributed by atoms with van der Waals surface area (Å²) in [7, 11) is 1.92. The lowest BCUT2D eigenvalue weighted by Gasteiger charge is -2.22. The van der Waals surface area contributed by atoms with Gasteiger partial charge in [-0.15, -0.1) is 0 Å². The van der Waals surface area contributed by atoms with Crippen LogP contribution in [0.2, 0.25) is 0 Å². The minimum atomic E-state index is 0.0200. The Bertz CT molecular complexity index is 661. The van der Waals surface area contributed by atoms with Gasteiger partial charge in [0.15, 0.2) is 16.9 Å². The van der Waals surface area contributed by atoms with Crippen molar-refractivity contribution >= 4 is 0 Å². The van der Waals surface area contributed by atoms with E-state index in [1.807, 2.05) is 29.8 Å². The predicted octanol–water partition coefficient (Wildman–Crippen LogP) is 1.58. The van der Waals surface area contributed by atoms with Gasteiger partial charge in [0.2, 0.25) is 0 Å². The first kappa shape index (κ1) is 13.7. The van der Waals surface area contributed by atoms with Crippen molar-refractivity contribution in [3.8, 4) is 11.5 Å². The van der Waals surface area contributed by atoms with Crippen molar-refractivity contribution in [3.05, 3.63) is 58.5 Å². The fraction of sp³-hybridized carbons (Fsp3) is 0.312. The Morgan fingerprint density at radius 1 is 1.14 bits per heavy atom. The molecule has 0 saturated carbocycles. The third-order valence-corrected chi connectivity index (χ3v) is 3.57. The minimum Gasteiger partial charge on any atom is -0.486 e. The molecule has 0 aliphatic carbocycles. The predicted molar refractivity (Wildman–Crippen MR) is 79.9 cm³/mol. The second kappa shape index (κ2) is 6.01. The molecule has 1 unspecified atom stereocenters. The molecule has 5 nitrogen and oxygen atoms in total. The summed E-state index contributed by atoms with van der Waals surface area (Å²) >= 11 is 0. The molecular formula is C16H18N2O3. The minimum absolute atomic E-state index is 0.0200. The summed E-state index contributed by atoms with van der Waals surface area (Å²) in [5.74, 6) is 1.59. The van der Waals surface area contributed by atoms with Gasteiger partial charge < -0.3 is 19.4 Å². The Morgan fingerprint density at radius 2 is 1.86 bits per heavy atom. The van der Waals surface area contributed by atoms with Crippen LogP contribution < -0.4 is 20.2 Å².